The molecule has 0 aliphatic heterocycles. The van der Waals surface area contributed by atoms with Gasteiger partial charge in [0.15, 0.2) is 0 Å². The maximum Gasteiger partial charge on any atom is 0.0791 e. The Balaban J connectivity index is 3.64. The average molecular weight is 231 g/mol. The van der Waals surface area contributed by atoms with Crippen LogP contribution in [-0.4, -0.2) is 74.4 Å². The second-order valence-corrected chi connectivity index (χ2v) is 4.51. The molecule has 0 saturated heterocycles. The third-order valence-corrected chi connectivity index (χ3v) is 2.63. The van der Waals surface area contributed by atoms with Gasteiger partial charge in [0, 0.05) is 13.1 Å². The summed E-state index contributed by atoms with van der Waals surface area (Å²) < 4.78 is 0. The molecule has 4 nitrogen and oxygen atoms in total. The van der Waals surface area contributed by atoms with E-state index in [4.69, 9.17) is 0 Å². The molecule has 0 radical (unpaired) electrons. The number of nitrogens with zero attached hydrogens (tertiary/aromatic N) is 2. The largest absolute Gasteiger partial charge is 0.390 e. The molecule has 98 valence electrons. The van der Waals surface area contributed by atoms with E-state index in [9.17, 15) is 5.11 Å². The zero-order valence-corrected chi connectivity index (χ0v) is 11.4. The number of hydrogen-bond donors (Lipinski definition) is 2. The first kappa shape index (κ1) is 15.8. The lowest BCUT2D eigenvalue weighted by Crippen LogP contribution is -2.39. The van der Waals surface area contributed by atoms with Crippen LogP contribution in [0.2, 0.25) is 0 Å². The first-order valence-electron chi connectivity index (χ1n) is 6.36. The first-order chi connectivity index (χ1) is 7.60. The highest BCUT2D eigenvalue weighted by atomic mass is 16.3. The van der Waals surface area contributed by atoms with Gasteiger partial charge in [0.25, 0.3) is 0 Å². The molecule has 0 heterocycles. The van der Waals surface area contributed by atoms with Gasteiger partial charge in [-0.15, -0.1) is 0 Å². The maximum absolute atomic E-state index is 9.78. The van der Waals surface area contributed by atoms with Crippen molar-refractivity contribution in [3.8, 4) is 0 Å². The molecule has 0 bridgehead atoms. The van der Waals surface area contributed by atoms with E-state index in [0.717, 1.165) is 39.1 Å². The topological polar surface area (TPSA) is 38.7 Å². The highest BCUT2D eigenvalue weighted by molar-refractivity contribution is 4.66. The van der Waals surface area contributed by atoms with Crippen LogP contribution in [0.3, 0.4) is 0 Å². The summed E-state index contributed by atoms with van der Waals surface area (Å²) in [7, 11) is 4.19. The maximum atomic E-state index is 9.78. The quantitative estimate of drug-likeness (QED) is 0.564. The number of nitrogens with one attached hydrogen (secondary N) is 1. The van der Waals surface area contributed by atoms with Gasteiger partial charge in [-0.1, -0.05) is 13.8 Å². The molecular formula is C12H29N3O. The summed E-state index contributed by atoms with van der Waals surface area (Å²) in [6.07, 6.45) is 0.911. The highest BCUT2D eigenvalue weighted by Gasteiger charge is 2.09. The lowest BCUT2D eigenvalue weighted by Gasteiger charge is -2.24. The fourth-order valence-corrected chi connectivity index (χ4v) is 1.66. The molecule has 0 aliphatic carbocycles. The van der Waals surface area contributed by atoms with Crippen molar-refractivity contribution in [2.75, 3.05) is 53.4 Å². The summed E-state index contributed by atoms with van der Waals surface area (Å²) >= 11 is 0. The van der Waals surface area contributed by atoms with E-state index in [2.05, 4.69) is 43.1 Å². The van der Waals surface area contributed by atoms with E-state index in [1.165, 1.54) is 0 Å². The van der Waals surface area contributed by atoms with Crippen LogP contribution in [0.5, 0.6) is 0 Å². The average Bonchev–Trinajstić information content (AvgIpc) is 2.24. The number of aliphatic hydroxyl groups is 1. The van der Waals surface area contributed by atoms with Gasteiger partial charge in [-0.25, -0.2) is 0 Å². The molecule has 0 fully saturated rings. The van der Waals surface area contributed by atoms with Crippen molar-refractivity contribution >= 4 is 0 Å². The molecule has 0 aliphatic rings. The molecule has 0 aromatic heterocycles. The van der Waals surface area contributed by atoms with Crippen LogP contribution in [-0.2, 0) is 0 Å². The summed E-state index contributed by atoms with van der Waals surface area (Å²) in [5, 5.41) is 12.9. The lowest BCUT2D eigenvalue weighted by molar-refractivity contribution is 0.112. The van der Waals surface area contributed by atoms with E-state index in [1.807, 2.05) is 0 Å². The molecular weight excluding hydrogens is 202 g/mol. The summed E-state index contributed by atoms with van der Waals surface area (Å²) in [5.41, 5.74) is 0. The predicted molar refractivity (Wildman–Crippen MR) is 69.8 cm³/mol. The van der Waals surface area contributed by atoms with Crippen molar-refractivity contribution in [1.29, 1.82) is 0 Å². The SMILES string of the molecule is CCNCC(O)CN(CC)CCCN(C)C. The Hall–Kier alpha value is -0.160. The van der Waals surface area contributed by atoms with Gasteiger partial charge in [-0.05, 0) is 46.7 Å². The fraction of sp³-hybridized carbons (Fsp3) is 1.00. The summed E-state index contributed by atoms with van der Waals surface area (Å²) in [6.45, 7) is 9.78. The predicted octanol–water partition coefficient (Wildman–Crippen LogP) is 0.230. The van der Waals surface area contributed by atoms with Crippen LogP contribution >= 0.6 is 0 Å². The minimum atomic E-state index is -0.251. The molecule has 1 unspecified atom stereocenters. The van der Waals surface area contributed by atoms with Crippen molar-refractivity contribution in [2.45, 2.75) is 26.4 Å². The van der Waals surface area contributed by atoms with Crippen molar-refractivity contribution < 1.29 is 5.11 Å². The van der Waals surface area contributed by atoms with Gasteiger partial charge < -0.3 is 20.2 Å². The van der Waals surface area contributed by atoms with Gasteiger partial charge in [0.05, 0.1) is 6.10 Å². The minimum Gasteiger partial charge on any atom is -0.390 e. The second-order valence-electron chi connectivity index (χ2n) is 4.51. The van der Waals surface area contributed by atoms with E-state index >= 15 is 0 Å². The number of rotatable bonds is 10. The minimum absolute atomic E-state index is 0.251. The molecule has 0 rings (SSSR count). The second kappa shape index (κ2) is 10.0. The molecule has 0 aromatic rings. The van der Waals surface area contributed by atoms with E-state index in [1.54, 1.807) is 0 Å². The Morgan fingerprint density at radius 2 is 1.88 bits per heavy atom. The third kappa shape index (κ3) is 9.09. The molecule has 0 aromatic carbocycles. The molecule has 0 spiro atoms. The molecule has 0 saturated carbocycles. The van der Waals surface area contributed by atoms with Gasteiger partial charge in [-0.2, -0.15) is 0 Å². The van der Waals surface area contributed by atoms with E-state index < -0.39 is 0 Å². The van der Waals surface area contributed by atoms with E-state index in [0.29, 0.717) is 6.54 Å². The van der Waals surface area contributed by atoms with Crippen LogP contribution in [0.1, 0.15) is 20.3 Å². The smallest absolute Gasteiger partial charge is 0.0791 e. The van der Waals surface area contributed by atoms with Gasteiger partial charge in [0.2, 0.25) is 0 Å². The first-order valence-corrected chi connectivity index (χ1v) is 6.36. The Bertz CT molecular complexity index is 153. The van der Waals surface area contributed by atoms with Gasteiger partial charge in [-0.3, -0.25) is 0 Å². The Kier molecular flexibility index (Phi) is 9.92. The highest BCUT2D eigenvalue weighted by Crippen LogP contribution is 1.95. The zero-order chi connectivity index (χ0) is 12.4. The molecule has 1 atom stereocenters. The van der Waals surface area contributed by atoms with Gasteiger partial charge in [0.1, 0.15) is 0 Å². The number of aliphatic hydroxyl groups excluding tert-OH is 1. The molecule has 4 heteroatoms. The Labute approximate surface area is 101 Å². The van der Waals surface area contributed by atoms with Crippen LogP contribution in [0, 0.1) is 0 Å². The Morgan fingerprint density at radius 1 is 1.19 bits per heavy atom. The standard InChI is InChI=1S/C12H29N3O/c1-5-13-10-12(16)11-15(6-2)9-7-8-14(3)4/h12-13,16H,5-11H2,1-4H3. The molecule has 16 heavy (non-hydrogen) atoms. The van der Waals surface area contributed by atoms with Crippen LogP contribution in [0.25, 0.3) is 0 Å². The number of likely N-dealkylation sites (N-methyl/N-ethyl adjacent to an activating group) is 2. The molecule has 2 N–H and O–H groups in total. The lowest BCUT2D eigenvalue weighted by atomic mass is 10.3. The molecule has 0 amide bonds. The van der Waals surface area contributed by atoms with Crippen molar-refractivity contribution in [2.24, 2.45) is 0 Å². The third-order valence-electron chi connectivity index (χ3n) is 2.63. The van der Waals surface area contributed by atoms with Crippen LogP contribution < -0.4 is 5.32 Å². The fourth-order valence-electron chi connectivity index (χ4n) is 1.66. The summed E-state index contributed by atoms with van der Waals surface area (Å²) in [5.74, 6) is 0. The van der Waals surface area contributed by atoms with Crippen molar-refractivity contribution in [3.05, 3.63) is 0 Å². The van der Waals surface area contributed by atoms with Crippen LogP contribution in [0.15, 0.2) is 0 Å². The summed E-state index contributed by atoms with van der Waals surface area (Å²) in [6, 6.07) is 0. The van der Waals surface area contributed by atoms with Crippen molar-refractivity contribution in [3.63, 3.8) is 0 Å². The van der Waals surface area contributed by atoms with Gasteiger partial charge >= 0.3 is 0 Å². The number of hydrogen-bond acceptors (Lipinski definition) is 4. The summed E-state index contributed by atoms with van der Waals surface area (Å²) in [4.78, 5) is 4.51. The zero-order valence-electron chi connectivity index (χ0n) is 11.4. The normalized spacial score (nSPS) is 13.7. The van der Waals surface area contributed by atoms with Crippen LogP contribution in [0.4, 0.5) is 0 Å². The van der Waals surface area contributed by atoms with E-state index in [-0.39, 0.29) is 6.10 Å². The monoisotopic (exact) mass is 231 g/mol. The van der Waals surface area contributed by atoms with Crippen molar-refractivity contribution in [1.82, 2.24) is 15.1 Å². The Morgan fingerprint density at radius 3 is 2.38 bits per heavy atom.